The van der Waals surface area contributed by atoms with Gasteiger partial charge in [-0.25, -0.2) is 9.79 Å². The van der Waals surface area contributed by atoms with E-state index in [0.29, 0.717) is 19.8 Å². The molecule has 28 heavy (non-hydrogen) atoms. The van der Waals surface area contributed by atoms with Gasteiger partial charge in [0.25, 0.3) is 5.91 Å². The third-order valence-electron chi connectivity index (χ3n) is 5.41. The number of carbonyl (C=O) groups is 2. The van der Waals surface area contributed by atoms with Crippen molar-refractivity contribution in [1.29, 1.82) is 0 Å². The number of imide groups is 1. The Hall–Kier alpha value is -2.81. The first-order valence-electron chi connectivity index (χ1n) is 9.48. The van der Waals surface area contributed by atoms with Crippen LogP contribution in [0, 0.1) is 0 Å². The summed E-state index contributed by atoms with van der Waals surface area (Å²) in [5, 5.41) is 0. The number of benzene rings is 1. The lowest BCUT2D eigenvalue weighted by Crippen LogP contribution is -2.65. The van der Waals surface area contributed by atoms with Crippen molar-refractivity contribution in [2.45, 2.75) is 19.1 Å². The van der Waals surface area contributed by atoms with E-state index in [1.165, 1.54) is 4.90 Å². The monoisotopic (exact) mass is 387 g/mol. The molecule has 3 aliphatic heterocycles. The quantitative estimate of drug-likeness (QED) is 0.673. The van der Waals surface area contributed by atoms with E-state index in [2.05, 4.69) is 4.90 Å². The van der Waals surface area contributed by atoms with Gasteiger partial charge in [-0.2, -0.15) is 0 Å². The number of carbonyl (C=O) groups excluding carboxylic acids is 2. The third kappa shape index (κ3) is 2.86. The topological polar surface area (TPSA) is 77.9 Å². The molecule has 0 N–H and O–H groups in total. The number of amides is 3. The molecule has 0 aromatic heterocycles. The SMILES string of the molecule is CCOCCN1C(=O)C2C(N=C3N(c4cccc(OC)c4)CCN32)N(C)C1=O. The lowest BCUT2D eigenvalue weighted by Gasteiger charge is -2.40. The minimum absolute atomic E-state index is 0.209. The van der Waals surface area contributed by atoms with Crippen LogP contribution in [0.2, 0.25) is 0 Å². The van der Waals surface area contributed by atoms with Crippen LogP contribution in [0.4, 0.5) is 10.5 Å². The van der Waals surface area contributed by atoms with Gasteiger partial charge in [-0.3, -0.25) is 9.69 Å². The second-order valence-electron chi connectivity index (χ2n) is 6.91. The Balaban J connectivity index is 1.59. The Morgan fingerprint density at radius 2 is 2.07 bits per heavy atom. The van der Waals surface area contributed by atoms with Crippen molar-refractivity contribution in [2.24, 2.45) is 4.99 Å². The highest BCUT2D eigenvalue weighted by atomic mass is 16.5. The second-order valence-corrected chi connectivity index (χ2v) is 6.91. The number of nitrogens with zero attached hydrogens (tertiary/aromatic N) is 5. The Kier molecular flexibility index (Phi) is 4.84. The first kappa shape index (κ1) is 18.5. The lowest BCUT2D eigenvalue weighted by molar-refractivity contribution is -0.138. The molecule has 0 saturated carbocycles. The molecule has 4 rings (SSSR count). The van der Waals surface area contributed by atoms with Gasteiger partial charge in [-0.05, 0) is 19.1 Å². The van der Waals surface area contributed by atoms with Gasteiger partial charge in [0.05, 0.1) is 20.3 Å². The molecule has 1 aromatic carbocycles. The number of hydrogen-bond donors (Lipinski definition) is 0. The number of guanidine groups is 1. The number of fused-ring (bicyclic) bond motifs is 3. The molecule has 3 aliphatic rings. The van der Waals surface area contributed by atoms with Crippen LogP contribution in [0.5, 0.6) is 5.75 Å². The summed E-state index contributed by atoms with van der Waals surface area (Å²) in [7, 11) is 3.33. The van der Waals surface area contributed by atoms with E-state index in [1.54, 1.807) is 19.1 Å². The molecule has 0 spiro atoms. The van der Waals surface area contributed by atoms with E-state index in [9.17, 15) is 9.59 Å². The van der Waals surface area contributed by atoms with Crippen LogP contribution < -0.4 is 9.64 Å². The highest BCUT2D eigenvalue weighted by Crippen LogP contribution is 2.34. The normalized spacial score (nSPS) is 23.9. The Labute approximate surface area is 164 Å². The first-order valence-corrected chi connectivity index (χ1v) is 9.48. The molecule has 2 fully saturated rings. The molecule has 9 nitrogen and oxygen atoms in total. The van der Waals surface area contributed by atoms with E-state index < -0.39 is 12.2 Å². The Bertz CT molecular complexity index is 813. The molecular weight excluding hydrogens is 362 g/mol. The van der Waals surface area contributed by atoms with Gasteiger partial charge < -0.3 is 24.2 Å². The predicted octanol–water partition coefficient (Wildman–Crippen LogP) is 0.812. The molecule has 0 aliphatic carbocycles. The number of anilines is 1. The zero-order valence-electron chi connectivity index (χ0n) is 16.4. The van der Waals surface area contributed by atoms with Crippen molar-refractivity contribution in [3.05, 3.63) is 24.3 Å². The largest absolute Gasteiger partial charge is 0.497 e. The van der Waals surface area contributed by atoms with Crippen LogP contribution in [0.3, 0.4) is 0 Å². The van der Waals surface area contributed by atoms with Crippen LogP contribution in [-0.2, 0) is 9.53 Å². The summed E-state index contributed by atoms with van der Waals surface area (Å²) in [6.45, 7) is 4.41. The Morgan fingerprint density at radius 3 is 2.82 bits per heavy atom. The van der Waals surface area contributed by atoms with E-state index in [0.717, 1.165) is 23.9 Å². The standard InChI is InChI=1S/C19H25N5O4/c1-4-28-11-10-24-17(25)15-16(21(2)19(24)26)20-18-22(8-9-23(15)18)13-6-5-7-14(12-13)27-3/h5-7,12,15-16H,4,8-11H2,1-3H3. The van der Waals surface area contributed by atoms with E-state index in [1.807, 2.05) is 36.1 Å². The summed E-state index contributed by atoms with van der Waals surface area (Å²) in [6, 6.07) is 6.93. The molecular formula is C19H25N5O4. The molecule has 2 saturated heterocycles. The molecule has 3 heterocycles. The van der Waals surface area contributed by atoms with Crippen molar-refractivity contribution in [1.82, 2.24) is 14.7 Å². The number of urea groups is 1. The van der Waals surface area contributed by atoms with Crippen LogP contribution in [0.25, 0.3) is 0 Å². The van der Waals surface area contributed by atoms with Crippen LogP contribution in [-0.4, -0.2) is 91.8 Å². The fourth-order valence-corrected chi connectivity index (χ4v) is 3.97. The average molecular weight is 387 g/mol. The minimum Gasteiger partial charge on any atom is -0.497 e. The smallest absolute Gasteiger partial charge is 0.328 e. The van der Waals surface area contributed by atoms with Crippen molar-refractivity contribution in [3.8, 4) is 5.75 Å². The van der Waals surface area contributed by atoms with Gasteiger partial charge in [0, 0.05) is 38.5 Å². The molecule has 9 heteroatoms. The Morgan fingerprint density at radius 1 is 1.25 bits per heavy atom. The number of aliphatic imine (C=N–C) groups is 1. The fourth-order valence-electron chi connectivity index (χ4n) is 3.97. The zero-order valence-corrected chi connectivity index (χ0v) is 16.4. The number of methoxy groups -OCH3 is 1. The summed E-state index contributed by atoms with van der Waals surface area (Å²) in [4.78, 5) is 37.4. The maximum atomic E-state index is 13.1. The van der Waals surface area contributed by atoms with Crippen LogP contribution in [0.15, 0.2) is 29.3 Å². The fraction of sp³-hybridized carbons (Fsp3) is 0.526. The van der Waals surface area contributed by atoms with Crippen LogP contribution >= 0.6 is 0 Å². The van der Waals surface area contributed by atoms with Crippen molar-refractivity contribution < 1.29 is 19.1 Å². The summed E-state index contributed by atoms with van der Waals surface area (Å²) in [6.07, 6.45) is -0.508. The molecule has 2 atom stereocenters. The molecule has 2 unspecified atom stereocenters. The predicted molar refractivity (Wildman–Crippen MR) is 103 cm³/mol. The zero-order chi connectivity index (χ0) is 19.8. The first-order chi connectivity index (χ1) is 13.6. The lowest BCUT2D eigenvalue weighted by atomic mass is 10.1. The van der Waals surface area contributed by atoms with Gasteiger partial charge in [-0.15, -0.1) is 0 Å². The average Bonchev–Trinajstić information content (AvgIpc) is 3.28. The van der Waals surface area contributed by atoms with Crippen molar-refractivity contribution in [3.63, 3.8) is 0 Å². The summed E-state index contributed by atoms with van der Waals surface area (Å²) in [5.41, 5.74) is 0.953. The van der Waals surface area contributed by atoms with E-state index in [4.69, 9.17) is 14.5 Å². The number of likely N-dealkylation sites (N-methyl/N-ethyl adjacent to an activating group) is 1. The maximum Gasteiger partial charge on any atom is 0.328 e. The van der Waals surface area contributed by atoms with Crippen molar-refractivity contribution in [2.75, 3.05) is 51.9 Å². The van der Waals surface area contributed by atoms with Crippen LogP contribution in [0.1, 0.15) is 6.92 Å². The summed E-state index contributed by atoms with van der Waals surface area (Å²) >= 11 is 0. The highest BCUT2D eigenvalue weighted by molar-refractivity contribution is 6.08. The maximum absolute atomic E-state index is 13.1. The van der Waals surface area contributed by atoms with Gasteiger partial charge in [0.15, 0.2) is 12.2 Å². The van der Waals surface area contributed by atoms with E-state index in [-0.39, 0.29) is 18.5 Å². The molecule has 0 radical (unpaired) electrons. The van der Waals surface area contributed by atoms with Gasteiger partial charge in [0.2, 0.25) is 5.96 Å². The van der Waals surface area contributed by atoms with Crippen molar-refractivity contribution >= 4 is 23.6 Å². The molecule has 1 aromatic rings. The van der Waals surface area contributed by atoms with E-state index >= 15 is 0 Å². The third-order valence-corrected chi connectivity index (χ3v) is 5.41. The minimum atomic E-state index is -0.508. The molecule has 3 amide bonds. The number of hydrogen-bond acceptors (Lipinski definition) is 7. The summed E-state index contributed by atoms with van der Waals surface area (Å²) in [5.74, 6) is 1.28. The number of ether oxygens (including phenoxy) is 2. The second kappa shape index (κ2) is 7.31. The van der Waals surface area contributed by atoms with Gasteiger partial charge in [-0.1, -0.05) is 6.07 Å². The van der Waals surface area contributed by atoms with Gasteiger partial charge in [0.1, 0.15) is 5.75 Å². The summed E-state index contributed by atoms with van der Waals surface area (Å²) < 4.78 is 10.7. The number of rotatable bonds is 6. The molecule has 150 valence electrons. The van der Waals surface area contributed by atoms with Gasteiger partial charge >= 0.3 is 6.03 Å². The molecule has 0 bridgehead atoms. The highest BCUT2D eigenvalue weighted by Gasteiger charge is 2.54.